The summed E-state index contributed by atoms with van der Waals surface area (Å²) in [6, 6.07) is 20.6. The summed E-state index contributed by atoms with van der Waals surface area (Å²) < 4.78 is 39.1. The summed E-state index contributed by atoms with van der Waals surface area (Å²) in [5.74, 6) is 0.0611. The maximum absolute atomic E-state index is 14.1. The second-order valence-corrected chi connectivity index (χ2v) is 12.9. The summed E-state index contributed by atoms with van der Waals surface area (Å²) in [6.07, 6.45) is 1.30. The number of sulfonamides is 1. The molecule has 0 spiro atoms. The van der Waals surface area contributed by atoms with E-state index in [4.69, 9.17) is 9.47 Å². The van der Waals surface area contributed by atoms with Crippen LogP contribution in [0.2, 0.25) is 0 Å². The maximum Gasteiger partial charge on any atom is 0.244 e. The number of nitrogens with zero attached hydrogens (tertiary/aromatic N) is 2. The zero-order chi connectivity index (χ0) is 29.6. The predicted octanol–water partition coefficient (Wildman–Crippen LogP) is 4.15. The molecular weight excluding hydrogens is 610 g/mol. The molecule has 0 saturated heterocycles. The number of nitrogens with one attached hydrogen (secondary N) is 1. The van der Waals surface area contributed by atoms with Crippen molar-refractivity contribution >= 4 is 43.5 Å². The lowest BCUT2D eigenvalue weighted by Crippen LogP contribution is -2.54. The van der Waals surface area contributed by atoms with Crippen LogP contribution >= 0.6 is 15.9 Å². The zero-order valence-corrected chi connectivity index (χ0v) is 25.7. The summed E-state index contributed by atoms with van der Waals surface area (Å²) in [6.45, 7) is 4.02. The number of halogens is 1. The van der Waals surface area contributed by atoms with Crippen molar-refractivity contribution in [3.8, 4) is 11.5 Å². The number of amides is 2. The van der Waals surface area contributed by atoms with Gasteiger partial charge in [0.2, 0.25) is 21.8 Å². The van der Waals surface area contributed by atoms with Gasteiger partial charge in [-0.2, -0.15) is 0 Å². The Morgan fingerprint density at radius 1 is 0.927 bits per heavy atom. The molecular formula is C30H34BrN3O6S. The molecule has 0 saturated carbocycles. The Morgan fingerprint density at radius 2 is 1.61 bits per heavy atom. The number of hydrogen-bond donors (Lipinski definition) is 1. The van der Waals surface area contributed by atoms with E-state index in [0.29, 0.717) is 24.7 Å². The molecule has 0 radical (unpaired) electrons. The van der Waals surface area contributed by atoms with Crippen molar-refractivity contribution in [1.29, 1.82) is 0 Å². The highest BCUT2D eigenvalue weighted by atomic mass is 79.9. The molecule has 1 aliphatic heterocycles. The van der Waals surface area contributed by atoms with Crippen LogP contribution < -0.4 is 19.1 Å². The molecule has 1 N–H and O–H groups in total. The van der Waals surface area contributed by atoms with Crippen LogP contribution in [0, 0.1) is 0 Å². The van der Waals surface area contributed by atoms with E-state index < -0.39 is 28.5 Å². The average molecular weight is 645 g/mol. The molecule has 1 unspecified atom stereocenters. The van der Waals surface area contributed by atoms with Gasteiger partial charge in [-0.05, 0) is 49.2 Å². The van der Waals surface area contributed by atoms with E-state index in [9.17, 15) is 18.0 Å². The van der Waals surface area contributed by atoms with Gasteiger partial charge in [0.15, 0.2) is 11.5 Å². The van der Waals surface area contributed by atoms with Crippen molar-refractivity contribution in [2.75, 3.05) is 30.3 Å². The molecule has 1 atom stereocenters. The molecule has 1 aliphatic rings. The number of benzene rings is 3. The van der Waals surface area contributed by atoms with Crippen LogP contribution in [-0.4, -0.2) is 63.2 Å². The predicted molar refractivity (Wildman–Crippen MR) is 162 cm³/mol. The fraction of sp³-hybridized carbons (Fsp3) is 0.333. The van der Waals surface area contributed by atoms with Crippen LogP contribution in [0.4, 0.5) is 5.69 Å². The van der Waals surface area contributed by atoms with Gasteiger partial charge in [0.1, 0.15) is 25.8 Å². The van der Waals surface area contributed by atoms with Gasteiger partial charge < -0.3 is 19.7 Å². The van der Waals surface area contributed by atoms with Gasteiger partial charge in [0.05, 0.1) is 11.9 Å². The first kappa shape index (κ1) is 30.4. The van der Waals surface area contributed by atoms with Crippen LogP contribution in [0.1, 0.15) is 25.0 Å². The lowest BCUT2D eigenvalue weighted by atomic mass is 10.0. The minimum atomic E-state index is -3.90. The maximum atomic E-state index is 14.1. The van der Waals surface area contributed by atoms with Crippen molar-refractivity contribution in [3.05, 3.63) is 88.4 Å². The van der Waals surface area contributed by atoms with Crippen LogP contribution in [0.25, 0.3) is 0 Å². The number of fused-ring (bicyclic) bond motifs is 1. The number of rotatable bonds is 11. The van der Waals surface area contributed by atoms with Crippen LogP contribution in [-0.2, 0) is 32.6 Å². The van der Waals surface area contributed by atoms with Gasteiger partial charge in [-0.25, -0.2) is 8.42 Å². The Morgan fingerprint density at radius 3 is 2.27 bits per heavy atom. The lowest BCUT2D eigenvalue weighted by molar-refractivity contribution is -0.140. The van der Waals surface area contributed by atoms with Crippen molar-refractivity contribution < 1.29 is 27.5 Å². The third-order valence-corrected chi connectivity index (χ3v) is 8.07. The highest BCUT2D eigenvalue weighted by molar-refractivity contribution is 9.10. The van der Waals surface area contributed by atoms with Gasteiger partial charge in [-0.3, -0.25) is 13.9 Å². The minimum Gasteiger partial charge on any atom is -0.486 e. The third-order valence-electron chi connectivity index (χ3n) is 6.44. The Balaban J connectivity index is 1.73. The molecule has 0 aliphatic carbocycles. The van der Waals surface area contributed by atoms with Gasteiger partial charge in [-0.15, -0.1) is 0 Å². The van der Waals surface area contributed by atoms with Gasteiger partial charge >= 0.3 is 0 Å². The standard InChI is InChI=1S/C30H34BrN3O6S/c1-21(2)32-30(36)26(17-22-8-5-4-6-9-22)33(19-23-10-7-11-24(31)16-23)29(35)20-34(41(3,37)38)25-12-13-27-28(18-25)40-15-14-39-27/h4-13,16,18,21,26H,14-15,17,19-20H2,1-3H3,(H,32,36). The number of carbonyl (C=O) groups is 2. The molecule has 9 nitrogen and oxygen atoms in total. The smallest absolute Gasteiger partial charge is 0.244 e. The molecule has 3 aromatic carbocycles. The largest absolute Gasteiger partial charge is 0.486 e. The minimum absolute atomic E-state index is 0.0973. The summed E-state index contributed by atoms with van der Waals surface area (Å²) in [5.41, 5.74) is 1.92. The summed E-state index contributed by atoms with van der Waals surface area (Å²) >= 11 is 3.48. The molecule has 218 valence electrons. The third kappa shape index (κ3) is 8.23. The molecule has 3 aromatic rings. The normalized spacial score (nSPS) is 13.4. The highest BCUT2D eigenvalue weighted by Crippen LogP contribution is 2.35. The number of anilines is 1. The number of hydrogen-bond acceptors (Lipinski definition) is 6. The molecule has 0 aromatic heterocycles. The zero-order valence-electron chi connectivity index (χ0n) is 23.2. The quantitative estimate of drug-likeness (QED) is 0.337. The van der Waals surface area contributed by atoms with Crippen LogP contribution in [0.15, 0.2) is 77.3 Å². The molecule has 4 rings (SSSR count). The second kappa shape index (κ2) is 13.4. The molecule has 11 heteroatoms. The topological polar surface area (TPSA) is 105 Å². The fourth-order valence-electron chi connectivity index (χ4n) is 4.57. The number of carbonyl (C=O) groups excluding carboxylic acids is 2. The van der Waals surface area contributed by atoms with E-state index in [1.165, 1.54) is 4.90 Å². The molecule has 1 heterocycles. The van der Waals surface area contributed by atoms with Crippen LogP contribution in [0.3, 0.4) is 0 Å². The van der Waals surface area contributed by atoms with Crippen molar-refractivity contribution in [2.24, 2.45) is 0 Å². The SMILES string of the molecule is CC(C)NC(=O)C(Cc1ccccc1)N(Cc1cccc(Br)c1)C(=O)CN(c1ccc2c(c1)OCCO2)S(C)(=O)=O. The Hall–Kier alpha value is -3.57. The molecule has 2 amide bonds. The van der Waals surface area contributed by atoms with Crippen molar-refractivity contribution in [3.63, 3.8) is 0 Å². The van der Waals surface area contributed by atoms with Gasteiger partial charge in [0.25, 0.3) is 0 Å². The van der Waals surface area contributed by atoms with Crippen LogP contribution in [0.5, 0.6) is 11.5 Å². The lowest BCUT2D eigenvalue weighted by Gasteiger charge is -2.34. The highest BCUT2D eigenvalue weighted by Gasteiger charge is 2.33. The van der Waals surface area contributed by atoms with Crippen molar-refractivity contribution in [1.82, 2.24) is 10.2 Å². The first-order chi connectivity index (χ1) is 19.5. The molecule has 41 heavy (non-hydrogen) atoms. The Kier molecular flexibility index (Phi) is 9.93. The molecule has 0 bridgehead atoms. The van der Waals surface area contributed by atoms with Crippen molar-refractivity contribution in [2.45, 2.75) is 38.9 Å². The average Bonchev–Trinajstić information content (AvgIpc) is 2.93. The van der Waals surface area contributed by atoms with E-state index in [2.05, 4.69) is 21.2 Å². The van der Waals surface area contributed by atoms with E-state index in [0.717, 1.165) is 26.2 Å². The van der Waals surface area contributed by atoms with Gasteiger partial charge in [0, 0.05) is 29.5 Å². The number of ether oxygens (including phenoxy) is 2. The molecule has 0 fully saturated rings. The van der Waals surface area contributed by atoms with E-state index in [1.807, 2.05) is 68.4 Å². The van der Waals surface area contributed by atoms with E-state index in [1.54, 1.807) is 18.2 Å². The first-order valence-corrected chi connectivity index (χ1v) is 15.9. The summed E-state index contributed by atoms with van der Waals surface area (Å²) in [7, 11) is -3.90. The summed E-state index contributed by atoms with van der Waals surface area (Å²) in [4.78, 5) is 29.2. The van der Waals surface area contributed by atoms with E-state index in [-0.39, 0.29) is 30.6 Å². The van der Waals surface area contributed by atoms with Gasteiger partial charge in [-0.1, -0.05) is 58.4 Å². The first-order valence-electron chi connectivity index (χ1n) is 13.3. The Bertz CT molecular complexity index is 1480. The monoisotopic (exact) mass is 643 g/mol. The Labute approximate surface area is 249 Å². The fourth-order valence-corrected chi connectivity index (χ4v) is 5.86. The van der Waals surface area contributed by atoms with E-state index >= 15 is 0 Å². The second-order valence-electron chi connectivity index (χ2n) is 10.1. The summed E-state index contributed by atoms with van der Waals surface area (Å²) in [5, 5.41) is 2.94.